The van der Waals surface area contributed by atoms with E-state index in [0.29, 0.717) is 18.9 Å². The molecule has 1 heterocycles. The average Bonchev–Trinajstić information content (AvgIpc) is 2.50. The van der Waals surface area contributed by atoms with E-state index in [1.807, 2.05) is 42.5 Å². The van der Waals surface area contributed by atoms with E-state index >= 15 is 0 Å². The van der Waals surface area contributed by atoms with Gasteiger partial charge in [-0.05, 0) is 36.4 Å². The number of nitrogens with zero attached hydrogens (tertiary/aromatic N) is 1. The van der Waals surface area contributed by atoms with Gasteiger partial charge in [-0.15, -0.1) is 11.6 Å². The lowest BCUT2D eigenvalue weighted by Crippen LogP contribution is -2.02. The summed E-state index contributed by atoms with van der Waals surface area (Å²) in [4.78, 5) is 4.26. The summed E-state index contributed by atoms with van der Waals surface area (Å²) in [5, 5.41) is 0. The van der Waals surface area contributed by atoms with Crippen LogP contribution in [0.5, 0.6) is 5.75 Å². The molecule has 2 aromatic rings. The van der Waals surface area contributed by atoms with Gasteiger partial charge in [-0.1, -0.05) is 17.9 Å². The number of alkyl halides is 1. The SMILES string of the molecule is ClCCC#Cc1ccc(OCCc2ccccn2)cc1. The van der Waals surface area contributed by atoms with Crippen LogP contribution in [-0.2, 0) is 6.42 Å². The third kappa shape index (κ3) is 4.95. The van der Waals surface area contributed by atoms with Crippen LogP contribution >= 0.6 is 11.6 Å². The van der Waals surface area contributed by atoms with Crippen LogP contribution < -0.4 is 4.74 Å². The van der Waals surface area contributed by atoms with Gasteiger partial charge in [0.25, 0.3) is 0 Å². The van der Waals surface area contributed by atoms with Gasteiger partial charge in [-0.2, -0.15) is 0 Å². The molecule has 3 heteroatoms. The maximum absolute atomic E-state index is 5.68. The third-order valence-corrected chi connectivity index (χ3v) is 2.85. The highest BCUT2D eigenvalue weighted by atomic mass is 35.5. The molecule has 0 unspecified atom stereocenters. The van der Waals surface area contributed by atoms with Crippen molar-refractivity contribution in [3.63, 3.8) is 0 Å². The Kier molecular flexibility index (Phi) is 5.95. The van der Waals surface area contributed by atoms with Gasteiger partial charge in [0.05, 0.1) is 6.61 Å². The first-order valence-electron chi connectivity index (χ1n) is 6.56. The van der Waals surface area contributed by atoms with Crippen LogP contribution in [0.25, 0.3) is 0 Å². The average molecular weight is 286 g/mol. The number of hydrogen-bond donors (Lipinski definition) is 0. The van der Waals surface area contributed by atoms with Crippen molar-refractivity contribution in [2.75, 3.05) is 12.5 Å². The van der Waals surface area contributed by atoms with Crippen molar-refractivity contribution in [1.82, 2.24) is 4.98 Å². The van der Waals surface area contributed by atoms with Crippen molar-refractivity contribution in [2.45, 2.75) is 12.8 Å². The molecule has 2 rings (SSSR count). The summed E-state index contributed by atoms with van der Waals surface area (Å²) < 4.78 is 5.68. The number of aromatic nitrogens is 1. The molecule has 0 aliphatic heterocycles. The Morgan fingerprint density at radius 2 is 1.95 bits per heavy atom. The number of rotatable bonds is 5. The van der Waals surface area contributed by atoms with Gasteiger partial charge in [-0.3, -0.25) is 4.98 Å². The third-order valence-electron chi connectivity index (χ3n) is 2.66. The van der Waals surface area contributed by atoms with Gasteiger partial charge in [0.1, 0.15) is 5.75 Å². The molecule has 0 aliphatic rings. The van der Waals surface area contributed by atoms with Crippen molar-refractivity contribution in [1.29, 1.82) is 0 Å². The second-order valence-corrected chi connectivity index (χ2v) is 4.56. The topological polar surface area (TPSA) is 22.1 Å². The summed E-state index contributed by atoms with van der Waals surface area (Å²) in [6.07, 6.45) is 3.31. The number of ether oxygens (including phenoxy) is 1. The summed E-state index contributed by atoms with van der Waals surface area (Å²) in [5.41, 5.74) is 2.02. The van der Waals surface area contributed by atoms with Crippen LogP contribution in [0.2, 0.25) is 0 Å². The molecule has 0 fully saturated rings. The minimum atomic E-state index is 0.571. The molecule has 0 amide bonds. The lowest BCUT2D eigenvalue weighted by atomic mass is 10.2. The zero-order valence-electron chi connectivity index (χ0n) is 11.2. The van der Waals surface area contributed by atoms with Crippen molar-refractivity contribution < 1.29 is 4.74 Å². The molecule has 0 saturated heterocycles. The van der Waals surface area contributed by atoms with Crippen LogP contribution in [0.15, 0.2) is 48.7 Å². The normalized spacial score (nSPS) is 9.65. The molecule has 0 atom stereocenters. The van der Waals surface area contributed by atoms with E-state index in [1.165, 1.54) is 0 Å². The van der Waals surface area contributed by atoms with E-state index in [-0.39, 0.29) is 0 Å². The van der Waals surface area contributed by atoms with E-state index in [2.05, 4.69) is 16.8 Å². The van der Waals surface area contributed by atoms with Crippen LogP contribution in [0.3, 0.4) is 0 Å². The zero-order chi connectivity index (χ0) is 14.0. The van der Waals surface area contributed by atoms with Crippen LogP contribution in [0, 0.1) is 11.8 Å². The van der Waals surface area contributed by atoms with Gasteiger partial charge in [-0.25, -0.2) is 0 Å². The fourth-order valence-electron chi connectivity index (χ4n) is 1.67. The Morgan fingerprint density at radius 3 is 2.65 bits per heavy atom. The molecule has 0 N–H and O–H groups in total. The molecule has 2 nitrogen and oxygen atoms in total. The first kappa shape index (κ1) is 14.4. The monoisotopic (exact) mass is 285 g/mol. The van der Waals surface area contributed by atoms with Gasteiger partial charge in [0, 0.05) is 36.2 Å². The minimum Gasteiger partial charge on any atom is -0.493 e. The predicted molar refractivity (Wildman–Crippen MR) is 82.1 cm³/mol. The Bertz CT molecular complexity index is 569. The molecule has 102 valence electrons. The van der Waals surface area contributed by atoms with E-state index in [9.17, 15) is 0 Å². The Balaban J connectivity index is 1.81. The Hall–Kier alpha value is -1.98. The fourth-order valence-corrected chi connectivity index (χ4v) is 1.76. The van der Waals surface area contributed by atoms with Crippen molar-refractivity contribution in [2.24, 2.45) is 0 Å². The summed E-state index contributed by atoms with van der Waals surface area (Å²) in [6, 6.07) is 13.7. The first-order chi connectivity index (χ1) is 9.88. The van der Waals surface area contributed by atoms with Gasteiger partial charge < -0.3 is 4.74 Å². The number of hydrogen-bond acceptors (Lipinski definition) is 2. The summed E-state index contributed by atoms with van der Waals surface area (Å²) >= 11 is 5.57. The minimum absolute atomic E-state index is 0.571. The highest BCUT2D eigenvalue weighted by Crippen LogP contribution is 2.12. The maximum Gasteiger partial charge on any atom is 0.119 e. The van der Waals surface area contributed by atoms with E-state index in [0.717, 1.165) is 23.4 Å². The second kappa shape index (κ2) is 8.24. The molecule has 0 radical (unpaired) electrons. The molecule has 1 aromatic carbocycles. The van der Waals surface area contributed by atoms with Gasteiger partial charge in [0.2, 0.25) is 0 Å². The summed E-state index contributed by atoms with van der Waals surface area (Å²) in [6.45, 7) is 0.619. The molecule has 0 saturated carbocycles. The maximum atomic E-state index is 5.68. The number of benzene rings is 1. The molecule has 0 spiro atoms. The standard InChI is InChI=1S/C17H16ClNO/c18-12-3-1-5-15-7-9-17(10-8-15)20-14-11-16-6-2-4-13-19-16/h2,4,6-10,13H,3,11-12,14H2. The second-order valence-electron chi connectivity index (χ2n) is 4.18. The Morgan fingerprint density at radius 1 is 1.10 bits per heavy atom. The van der Waals surface area contributed by atoms with Crippen molar-refractivity contribution in [3.8, 4) is 17.6 Å². The lowest BCUT2D eigenvalue weighted by molar-refractivity contribution is 0.320. The smallest absolute Gasteiger partial charge is 0.119 e. The largest absolute Gasteiger partial charge is 0.493 e. The molecule has 0 bridgehead atoms. The van der Waals surface area contributed by atoms with Crippen molar-refractivity contribution >= 4 is 11.6 Å². The zero-order valence-corrected chi connectivity index (χ0v) is 11.9. The highest BCUT2D eigenvalue weighted by Gasteiger charge is 1.96. The molecular formula is C17H16ClNO. The van der Waals surface area contributed by atoms with E-state index < -0.39 is 0 Å². The molecule has 1 aromatic heterocycles. The lowest BCUT2D eigenvalue weighted by Gasteiger charge is -2.05. The first-order valence-corrected chi connectivity index (χ1v) is 7.09. The quantitative estimate of drug-likeness (QED) is 0.617. The van der Waals surface area contributed by atoms with Crippen LogP contribution in [-0.4, -0.2) is 17.5 Å². The number of pyridine rings is 1. The summed E-state index contributed by atoms with van der Waals surface area (Å²) in [5.74, 6) is 7.48. The molecule has 20 heavy (non-hydrogen) atoms. The molecule has 0 aliphatic carbocycles. The Labute approximate surface area is 124 Å². The van der Waals surface area contributed by atoms with Gasteiger partial charge in [0.15, 0.2) is 0 Å². The predicted octanol–water partition coefficient (Wildman–Crippen LogP) is 3.68. The highest BCUT2D eigenvalue weighted by molar-refractivity contribution is 6.18. The number of halogens is 1. The van der Waals surface area contributed by atoms with Gasteiger partial charge >= 0.3 is 0 Å². The fraction of sp³-hybridized carbons (Fsp3) is 0.235. The summed E-state index contributed by atoms with van der Waals surface area (Å²) in [7, 11) is 0. The van der Waals surface area contributed by atoms with Crippen molar-refractivity contribution in [3.05, 3.63) is 59.9 Å². The van der Waals surface area contributed by atoms with E-state index in [1.54, 1.807) is 6.20 Å². The van der Waals surface area contributed by atoms with E-state index in [4.69, 9.17) is 16.3 Å². The van der Waals surface area contributed by atoms with Crippen LogP contribution in [0.1, 0.15) is 17.7 Å². The van der Waals surface area contributed by atoms with Crippen LogP contribution in [0.4, 0.5) is 0 Å². The molecular weight excluding hydrogens is 270 g/mol.